The monoisotopic (exact) mass is 315 g/mol. The van der Waals surface area contributed by atoms with Crippen molar-refractivity contribution in [3.05, 3.63) is 26.6 Å². The topological polar surface area (TPSA) is 33.0 Å². The molecule has 0 saturated carbocycles. The van der Waals surface area contributed by atoms with Gasteiger partial charge in [-0.15, -0.1) is 11.3 Å². The Morgan fingerprint density at radius 1 is 1.57 bits per heavy atom. The molecule has 2 rings (SSSR count). The van der Waals surface area contributed by atoms with Crippen LogP contribution in [0.3, 0.4) is 0 Å². The number of nitriles is 1. The first-order valence-corrected chi connectivity index (χ1v) is 5.87. The van der Waals surface area contributed by atoms with Crippen molar-refractivity contribution in [3.63, 3.8) is 0 Å². The van der Waals surface area contributed by atoms with Crippen LogP contribution in [0.25, 0.3) is 10.1 Å². The van der Waals surface area contributed by atoms with Crippen molar-refractivity contribution in [2.45, 2.75) is 0 Å². The van der Waals surface area contributed by atoms with Gasteiger partial charge in [-0.3, -0.25) is 0 Å². The van der Waals surface area contributed by atoms with E-state index in [2.05, 4.69) is 28.7 Å². The van der Waals surface area contributed by atoms with Crippen LogP contribution in [-0.4, -0.2) is 7.11 Å². The normalized spacial score (nSPS) is 10.1. The van der Waals surface area contributed by atoms with Gasteiger partial charge >= 0.3 is 0 Å². The van der Waals surface area contributed by atoms with Gasteiger partial charge in [0, 0.05) is 5.39 Å². The highest BCUT2D eigenvalue weighted by Crippen LogP contribution is 2.36. The molecule has 0 bridgehead atoms. The lowest BCUT2D eigenvalue weighted by atomic mass is 10.1. The quantitative estimate of drug-likeness (QED) is 0.756. The van der Waals surface area contributed by atoms with Gasteiger partial charge in [0.1, 0.15) is 5.75 Å². The van der Waals surface area contributed by atoms with Gasteiger partial charge < -0.3 is 4.74 Å². The van der Waals surface area contributed by atoms with Gasteiger partial charge in [0.25, 0.3) is 0 Å². The Labute approximate surface area is 99.3 Å². The fraction of sp³-hybridized carbons (Fsp3) is 0.100. The van der Waals surface area contributed by atoms with Crippen LogP contribution in [0.15, 0.2) is 17.5 Å². The van der Waals surface area contributed by atoms with Gasteiger partial charge in [-0.05, 0) is 40.1 Å². The van der Waals surface area contributed by atoms with E-state index in [4.69, 9.17) is 10.00 Å². The average Bonchev–Trinajstić information content (AvgIpc) is 2.65. The summed E-state index contributed by atoms with van der Waals surface area (Å²) in [6.07, 6.45) is 0. The molecular weight excluding hydrogens is 309 g/mol. The minimum atomic E-state index is 0.714. The molecule has 0 amide bonds. The molecule has 14 heavy (non-hydrogen) atoms. The van der Waals surface area contributed by atoms with Crippen molar-refractivity contribution in [2.75, 3.05) is 7.11 Å². The van der Waals surface area contributed by atoms with Crippen LogP contribution in [0.5, 0.6) is 5.75 Å². The average molecular weight is 315 g/mol. The van der Waals surface area contributed by atoms with Crippen LogP contribution < -0.4 is 4.74 Å². The van der Waals surface area contributed by atoms with Crippen molar-refractivity contribution in [1.82, 2.24) is 0 Å². The summed E-state index contributed by atoms with van der Waals surface area (Å²) < 4.78 is 7.34. The van der Waals surface area contributed by atoms with E-state index in [-0.39, 0.29) is 0 Å². The van der Waals surface area contributed by atoms with E-state index in [1.165, 1.54) is 0 Å². The van der Waals surface area contributed by atoms with E-state index in [0.29, 0.717) is 5.56 Å². The van der Waals surface area contributed by atoms with Crippen LogP contribution in [0, 0.1) is 14.9 Å². The molecule has 1 aromatic heterocycles. The molecular formula is C10H6INOS. The van der Waals surface area contributed by atoms with Gasteiger partial charge in [0.05, 0.1) is 27.0 Å². The van der Waals surface area contributed by atoms with Crippen molar-refractivity contribution >= 4 is 44.0 Å². The number of rotatable bonds is 1. The Bertz CT molecular complexity index is 527. The fourth-order valence-corrected chi connectivity index (χ4v) is 3.29. The summed E-state index contributed by atoms with van der Waals surface area (Å²) in [5.41, 5.74) is 0.714. The maximum atomic E-state index is 8.95. The number of nitrogens with zero attached hydrogens (tertiary/aromatic N) is 1. The van der Waals surface area contributed by atoms with Crippen molar-refractivity contribution < 1.29 is 4.74 Å². The second-order valence-electron chi connectivity index (χ2n) is 2.71. The summed E-state index contributed by atoms with van der Waals surface area (Å²) in [5.74, 6) is 0.870. The third-order valence-corrected chi connectivity index (χ3v) is 3.69. The largest absolute Gasteiger partial charge is 0.494 e. The number of benzene rings is 1. The first-order chi connectivity index (χ1) is 6.77. The summed E-state index contributed by atoms with van der Waals surface area (Å²) in [6, 6.07) is 6.01. The van der Waals surface area contributed by atoms with E-state index in [1.807, 2.05) is 17.5 Å². The number of thiophene rings is 1. The Morgan fingerprint density at radius 3 is 3.00 bits per heavy atom. The second kappa shape index (κ2) is 3.75. The van der Waals surface area contributed by atoms with Crippen LogP contribution >= 0.6 is 33.9 Å². The zero-order valence-electron chi connectivity index (χ0n) is 7.37. The summed E-state index contributed by atoms with van der Waals surface area (Å²) in [4.78, 5) is 0. The summed E-state index contributed by atoms with van der Waals surface area (Å²) in [5, 5.41) is 11.9. The fourth-order valence-electron chi connectivity index (χ4n) is 1.36. The number of halogens is 1. The highest BCUT2D eigenvalue weighted by Gasteiger charge is 2.11. The van der Waals surface area contributed by atoms with Crippen molar-refractivity contribution in [3.8, 4) is 11.8 Å². The van der Waals surface area contributed by atoms with Crippen LogP contribution in [0.4, 0.5) is 0 Å². The third kappa shape index (κ3) is 1.37. The van der Waals surface area contributed by atoms with Gasteiger partial charge in [-0.1, -0.05) is 0 Å². The van der Waals surface area contributed by atoms with Gasteiger partial charge in [0.15, 0.2) is 0 Å². The van der Waals surface area contributed by atoms with E-state index in [9.17, 15) is 0 Å². The first kappa shape index (κ1) is 9.74. The number of ether oxygens (including phenoxy) is 1. The highest BCUT2D eigenvalue weighted by molar-refractivity contribution is 14.1. The Kier molecular flexibility index (Phi) is 2.61. The standard InChI is InChI=1S/C10H6INOS/c1-13-9-8(11)4-6(5-12)7-2-3-14-10(7)9/h2-4H,1H3. The summed E-state index contributed by atoms with van der Waals surface area (Å²) in [6.45, 7) is 0. The molecule has 0 aliphatic carbocycles. The molecule has 70 valence electrons. The van der Waals surface area contributed by atoms with E-state index in [0.717, 1.165) is 19.4 Å². The van der Waals surface area contributed by atoms with Gasteiger partial charge in [-0.25, -0.2) is 0 Å². The molecule has 0 fully saturated rings. The highest BCUT2D eigenvalue weighted by atomic mass is 127. The lowest BCUT2D eigenvalue weighted by molar-refractivity contribution is 0.417. The molecule has 2 aromatic rings. The molecule has 0 spiro atoms. The maximum absolute atomic E-state index is 8.95. The lowest BCUT2D eigenvalue weighted by Crippen LogP contribution is -1.88. The Balaban J connectivity index is 2.90. The smallest absolute Gasteiger partial charge is 0.150 e. The number of fused-ring (bicyclic) bond motifs is 1. The van der Waals surface area contributed by atoms with E-state index in [1.54, 1.807) is 18.4 Å². The van der Waals surface area contributed by atoms with Gasteiger partial charge in [0.2, 0.25) is 0 Å². The molecule has 2 nitrogen and oxygen atoms in total. The molecule has 1 heterocycles. The zero-order valence-corrected chi connectivity index (χ0v) is 10.3. The minimum absolute atomic E-state index is 0.714. The molecule has 0 saturated heterocycles. The first-order valence-electron chi connectivity index (χ1n) is 3.91. The molecule has 0 aliphatic heterocycles. The van der Waals surface area contributed by atoms with Crippen LogP contribution in [0.1, 0.15) is 5.56 Å². The molecule has 0 aliphatic rings. The van der Waals surface area contributed by atoms with E-state index >= 15 is 0 Å². The van der Waals surface area contributed by atoms with Crippen LogP contribution in [-0.2, 0) is 0 Å². The second-order valence-corrected chi connectivity index (χ2v) is 4.79. The van der Waals surface area contributed by atoms with E-state index < -0.39 is 0 Å². The summed E-state index contributed by atoms with van der Waals surface area (Å²) in [7, 11) is 1.66. The summed E-state index contributed by atoms with van der Waals surface area (Å²) >= 11 is 3.79. The Hall–Kier alpha value is -0.800. The minimum Gasteiger partial charge on any atom is -0.494 e. The zero-order chi connectivity index (χ0) is 10.1. The molecule has 4 heteroatoms. The van der Waals surface area contributed by atoms with Gasteiger partial charge in [-0.2, -0.15) is 5.26 Å². The third-order valence-electron chi connectivity index (χ3n) is 1.97. The number of methoxy groups -OCH3 is 1. The number of hydrogen-bond donors (Lipinski definition) is 0. The Morgan fingerprint density at radius 2 is 2.36 bits per heavy atom. The van der Waals surface area contributed by atoms with Crippen molar-refractivity contribution in [2.24, 2.45) is 0 Å². The van der Waals surface area contributed by atoms with Crippen LogP contribution in [0.2, 0.25) is 0 Å². The van der Waals surface area contributed by atoms with Crippen molar-refractivity contribution in [1.29, 1.82) is 5.26 Å². The predicted molar refractivity (Wildman–Crippen MR) is 65.8 cm³/mol. The molecule has 0 N–H and O–H groups in total. The number of hydrogen-bond acceptors (Lipinski definition) is 3. The maximum Gasteiger partial charge on any atom is 0.150 e. The molecule has 0 radical (unpaired) electrons. The molecule has 1 aromatic carbocycles. The molecule has 0 atom stereocenters. The molecule has 0 unspecified atom stereocenters. The lowest BCUT2D eigenvalue weighted by Gasteiger charge is -2.05. The SMILES string of the molecule is COc1c(I)cc(C#N)c2ccsc12. The predicted octanol–water partition coefficient (Wildman–Crippen LogP) is 3.39.